The van der Waals surface area contributed by atoms with E-state index >= 15 is 0 Å². The highest BCUT2D eigenvalue weighted by atomic mass is 35.5. The van der Waals surface area contributed by atoms with Crippen LogP contribution < -0.4 is 5.32 Å². The highest BCUT2D eigenvalue weighted by Crippen LogP contribution is 2.20. The maximum Gasteiger partial charge on any atom is 0.316 e. The van der Waals surface area contributed by atoms with Crippen molar-refractivity contribution in [2.45, 2.75) is 31.2 Å². The SMILES string of the molecule is C[C@H](OC(=O)CSCc1ccccc1Cl)C(=O)N[C@H]1CCS(=O)(=O)C1. The van der Waals surface area contributed by atoms with Crippen LogP contribution in [0.1, 0.15) is 18.9 Å². The molecule has 1 N–H and O–H groups in total. The number of benzene rings is 1. The van der Waals surface area contributed by atoms with Gasteiger partial charge in [-0.25, -0.2) is 8.42 Å². The molecular weight excluding hydrogens is 386 g/mol. The molecule has 138 valence electrons. The lowest BCUT2D eigenvalue weighted by atomic mass is 10.2. The molecule has 0 saturated carbocycles. The number of thioether (sulfide) groups is 1. The Morgan fingerprint density at radius 2 is 2.12 bits per heavy atom. The third-order valence-corrected chi connectivity index (χ3v) is 6.78. The van der Waals surface area contributed by atoms with Gasteiger partial charge in [0, 0.05) is 16.8 Å². The monoisotopic (exact) mass is 405 g/mol. The van der Waals surface area contributed by atoms with Crippen molar-refractivity contribution in [3.05, 3.63) is 34.9 Å². The maximum atomic E-state index is 12.0. The van der Waals surface area contributed by atoms with Gasteiger partial charge in [0.1, 0.15) is 0 Å². The number of sulfone groups is 1. The van der Waals surface area contributed by atoms with Gasteiger partial charge in [-0.3, -0.25) is 9.59 Å². The van der Waals surface area contributed by atoms with E-state index in [1.165, 1.54) is 18.7 Å². The number of hydrogen-bond donors (Lipinski definition) is 1. The van der Waals surface area contributed by atoms with Crippen LogP contribution in [0.25, 0.3) is 0 Å². The van der Waals surface area contributed by atoms with Crippen LogP contribution in [-0.2, 0) is 29.9 Å². The molecule has 0 bridgehead atoms. The minimum atomic E-state index is -3.07. The van der Waals surface area contributed by atoms with E-state index < -0.39 is 33.9 Å². The second-order valence-electron chi connectivity index (χ2n) is 5.82. The number of carbonyl (C=O) groups is 2. The predicted octanol–water partition coefficient (Wildman–Crippen LogP) is 1.81. The molecule has 0 spiro atoms. The Balaban J connectivity index is 1.70. The molecule has 9 heteroatoms. The molecule has 1 aromatic carbocycles. The Labute approximate surface area is 156 Å². The average Bonchev–Trinajstić information content (AvgIpc) is 2.87. The minimum absolute atomic E-state index is 0.0624. The summed E-state index contributed by atoms with van der Waals surface area (Å²) in [6.07, 6.45) is -0.570. The van der Waals surface area contributed by atoms with Crippen molar-refractivity contribution < 1.29 is 22.7 Å². The standard InChI is InChI=1S/C16H20ClNO5S2/c1-11(16(20)18-13-6-7-25(21,22)10-13)23-15(19)9-24-8-12-4-2-3-5-14(12)17/h2-5,11,13H,6-10H2,1H3,(H,18,20)/t11-,13-/m0/s1. The number of halogens is 1. The van der Waals surface area contributed by atoms with Crippen LogP contribution in [0, 0.1) is 0 Å². The number of hydrogen-bond acceptors (Lipinski definition) is 6. The van der Waals surface area contributed by atoms with Gasteiger partial charge < -0.3 is 10.1 Å². The molecule has 6 nitrogen and oxygen atoms in total. The second kappa shape index (κ2) is 8.91. The molecule has 1 aliphatic heterocycles. The largest absolute Gasteiger partial charge is 0.452 e. The van der Waals surface area contributed by atoms with Crippen molar-refractivity contribution >= 4 is 45.1 Å². The molecule has 1 amide bonds. The number of nitrogens with one attached hydrogen (secondary N) is 1. The smallest absolute Gasteiger partial charge is 0.316 e. The summed E-state index contributed by atoms with van der Waals surface area (Å²) < 4.78 is 27.8. The molecule has 1 aliphatic rings. The van der Waals surface area contributed by atoms with Gasteiger partial charge in [-0.2, -0.15) is 0 Å². The molecule has 1 fully saturated rings. The van der Waals surface area contributed by atoms with E-state index in [1.54, 1.807) is 6.07 Å². The van der Waals surface area contributed by atoms with Gasteiger partial charge >= 0.3 is 5.97 Å². The van der Waals surface area contributed by atoms with Crippen LogP contribution in [0.4, 0.5) is 0 Å². The molecule has 0 radical (unpaired) electrons. The van der Waals surface area contributed by atoms with Crippen molar-refractivity contribution in [3.8, 4) is 0 Å². The van der Waals surface area contributed by atoms with Gasteiger partial charge in [0.15, 0.2) is 15.9 Å². The quantitative estimate of drug-likeness (QED) is 0.696. The maximum absolute atomic E-state index is 12.0. The van der Waals surface area contributed by atoms with Crippen LogP contribution in [0.5, 0.6) is 0 Å². The van der Waals surface area contributed by atoms with Crippen LogP contribution >= 0.6 is 23.4 Å². The molecule has 1 heterocycles. The molecule has 0 aliphatic carbocycles. The summed E-state index contributed by atoms with van der Waals surface area (Å²) in [7, 11) is -3.07. The normalized spacial score (nSPS) is 20.0. The molecule has 0 unspecified atom stereocenters. The van der Waals surface area contributed by atoms with Gasteiger partial charge in [-0.1, -0.05) is 29.8 Å². The third-order valence-electron chi connectivity index (χ3n) is 3.69. The van der Waals surface area contributed by atoms with Crippen molar-refractivity contribution in [1.82, 2.24) is 5.32 Å². The Hall–Kier alpha value is -1.25. The fourth-order valence-electron chi connectivity index (χ4n) is 2.37. The lowest BCUT2D eigenvalue weighted by Gasteiger charge is -2.16. The van der Waals surface area contributed by atoms with E-state index in [0.717, 1.165) is 5.56 Å². The molecule has 2 atom stereocenters. The Morgan fingerprint density at radius 3 is 2.76 bits per heavy atom. The predicted molar refractivity (Wildman–Crippen MR) is 98.4 cm³/mol. The third kappa shape index (κ3) is 6.52. The highest BCUT2D eigenvalue weighted by Gasteiger charge is 2.30. The van der Waals surface area contributed by atoms with Crippen LogP contribution in [0.3, 0.4) is 0 Å². The summed E-state index contributed by atoms with van der Waals surface area (Å²) in [6.45, 7) is 1.47. The van der Waals surface area contributed by atoms with Crippen molar-refractivity contribution in [2.24, 2.45) is 0 Å². The minimum Gasteiger partial charge on any atom is -0.452 e. The van der Waals surface area contributed by atoms with E-state index in [-0.39, 0.29) is 17.3 Å². The van der Waals surface area contributed by atoms with E-state index in [9.17, 15) is 18.0 Å². The zero-order valence-electron chi connectivity index (χ0n) is 13.7. The molecule has 1 saturated heterocycles. The average molecular weight is 406 g/mol. The van der Waals surface area contributed by atoms with Crippen LogP contribution in [-0.4, -0.2) is 49.7 Å². The number of esters is 1. The summed E-state index contributed by atoms with van der Waals surface area (Å²) >= 11 is 7.39. The number of ether oxygens (including phenoxy) is 1. The highest BCUT2D eigenvalue weighted by molar-refractivity contribution is 7.99. The van der Waals surface area contributed by atoms with Crippen molar-refractivity contribution in [1.29, 1.82) is 0 Å². The Kier molecular flexibility index (Phi) is 7.15. The van der Waals surface area contributed by atoms with E-state index in [1.807, 2.05) is 18.2 Å². The first-order valence-electron chi connectivity index (χ1n) is 7.78. The van der Waals surface area contributed by atoms with Gasteiger partial charge in [0.2, 0.25) is 0 Å². The fourth-order valence-corrected chi connectivity index (χ4v) is 5.14. The summed E-state index contributed by atoms with van der Waals surface area (Å²) in [4.78, 5) is 23.8. The first-order chi connectivity index (χ1) is 11.8. The van der Waals surface area contributed by atoms with Gasteiger partial charge in [0.05, 0.1) is 17.3 Å². The Bertz CT molecular complexity index is 738. The number of amides is 1. The molecule has 2 rings (SSSR count). The molecule has 1 aromatic rings. The summed E-state index contributed by atoms with van der Waals surface area (Å²) in [5, 5.41) is 3.25. The van der Waals surface area contributed by atoms with E-state index in [0.29, 0.717) is 17.2 Å². The summed E-state index contributed by atoms with van der Waals surface area (Å²) in [5.41, 5.74) is 0.926. The lowest BCUT2D eigenvalue weighted by molar-refractivity contribution is -0.152. The van der Waals surface area contributed by atoms with Gasteiger partial charge in [-0.15, -0.1) is 11.8 Å². The first-order valence-corrected chi connectivity index (χ1v) is 11.1. The van der Waals surface area contributed by atoms with Crippen molar-refractivity contribution in [3.63, 3.8) is 0 Å². The van der Waals surface area contributed by atoms with Crippen molar-refractivity contribution in [2.75, 3.05) is 17.3 Å². The number of carbonyl (C=O) groups excluding carboxylic acids is 2. The number of rotatable bonds is 7. The second-order valence-corrected chi connectivity index (χ2v) is 9.45. The lowest BCUT2D eigenvalue weighted by Crippen LogP contribution is -2.42. The van der Waals surface area contributed by atoms with Gasteiger partial charge in [-0.05, 0) is 25.0 Å². The topological polar surface area (TPSA) is 89.5 Å². The molecular formula is C16H20ClNO5S2. The molecule has 25 heavy (non-hydrogen) atoms. The van der Waals surface area contributed by atoms with Gasteiger partial charge in [0.25, 0.3) is 5.91 Å². The molecule has 0 aromatic heterocycles. The van der Waals surface area contributed by atoms with Crippen LogP contribution in [0.15, 0.2) is 24.3 Å². The van der Waals surface area contributed by atoms with E-state index in [4.69, 9.17) is 16.3 Å². The summed E-state index contributed by atoms with van der Waals surface area (Å²) in [6, 6.07) is 6.96. The Morgan fingerprint density at radius 1 is 1.40 bits per heavy atom. The first kappa shape index (κ1) is 20.1. The zero-order valence-corrected chi connectivity index (χ0v) is 16.1. The van der Waals surface area contributed by atoms with E-state index in [2.05, 4.69) is 5.32 Å². The van der Waals surface area contributed by atoms with Crippen LogP contribution in [0.2, 0.25) is 5.02 Å². The fraction of sp³-hybridized carbons (Fsp3) is 0.500. The zero-order chi connectivity index (χ0) is 18.4. The summed E-state index contributed by atoms with van der Waals surface area (Å²) in [5.74, 6) is -0.307.